The van der Waals surface area contributed by atoms with Crippen molar-refractivity contribution in [1.82, 2.24) is 4.48 Å². The lowest BCUT2D eigenvalue weighted by Gasteiger charge is -2.26. The Labute approximate surface area is 119 Å². The molecule has 1 nitrogen and oxygen atoms in total. The molecule has 0 aliphatic rings. The third-order valence-electron chi connectivity index (χ3n) is 3.15. The lowest BCUT2D eigenvalue weighted by atomic mass is 9.99. The van der Waals surface area contributed by atoms with Crippen LogP contribution in [0.1, 0.15) is 37.3 Å². The number of nitrogens with zero attached hydrogens (tertiary/aromatic N) is 1. The summed E-state index contributed by atoms with van der Waals surface area (Å²) in [5, 5.41) is 0. The van der Waals surface area contributed by atoms with Gasteiger partial charge in [0.2, 0.25) is 0 Å². The van der Waals surface area contributed by atoms with E-state index in [2.05, 4.69) is 52.8 Å². The highest BCUT2D eigenvalue weighted by molar-refractivity contribution is 5.67. The van der Waals surface area contributed by atoms with Crippen molar-refractivity contribution < 1.29 is 12.4 Å². The summed E-state index contributed by atoms with van der Waals surface area (Å²) in [6.07, 6.45) is 7.05. The maximum absolute atomic E-state index is 3.98. The molecule has 102 valence electrons. The highest BCUT2D eigenvalue weighted by Crippen LogP contribution is 2.28. The Balaban J connectivity index is 0.00000289. The molecular weight excluding hydrogens is 242 g/mol. The Bertz CT molecular complexity index is 377. The summed E-state index contributed by atoms with van der Waals surface area (Å²) in [4.78, 5) is 0. The lowest BCUT2D eigenvalue weighted by molar-refractivity contribution is -0.00000387. The Hall–Kier alpha value is -0.790. The van der Waals surface area contributed by atoms with E-state index in [-0.39, 0.29) is 12.4 Å². The first kappa shape index (κ1) is 17.2. The number of quaternary nitrogens is 1. The maximum atomic E-state index is 3.98. The zero-order chi connectivity index (χ0) is 12.9. The molecule has 0 saturated heterocycles. The molecule has 0 aromatic heterocycles. The van der Waals surface area contributed by atoms with E-state index in [1.165, 1.54) is 42.5 Å². The van der Waals surface area contributed by atoms with Gasteiger partial charge in [0.05, 0.1) is 21.1 Å². The Kier molecular flexibility index (Phi) is 7.27. The normalized spacial score (nSPS) is 10.9. The average Bonchev–Trinajstić information content (AvgIpc) is 2.28. The summed E-state index contributed by atoms with van der Waals surface area (Å²) in [6, 6.07) is 6.62. The molecule has 2 heteroatoms. The molecular formula is C16H26ClN. The van der Waals surface area contributed by atoms with Gasteiger partial charge >= 0.3 is 0 Å². The zero-order valence-electron chi connectivity index (χ0n) is 12.2. The highest BCUT2D eigenvalue weighted by Gasteiger charge is 2.17. The maximum Gasteiger partial charge on any atom is 0.139 e. The van der Waals surface area contributed by atoms with Crippen molar-refractivity contribution in [1.29, 1.82) is 0 Å². The van der Waals surface area contributed by atoms with E-state index in [0.29, 0.717) is 0 Å². The Morgan fingerprint density at radius 1 is 1.17 bits per heavy atom. The molecule has 1 rings (SSSR count). The molecule has 0 saturated carbocycles. The minimum atomic E-state index is 0. The predicted octanol–water partition coefficient (Wildman–Crippen LogP) is 1.26. The number of unbranched alkanes of at least 4 members (excludes halogenated alkanes) is 2. The van der Waals surface area contributed by atoms with Crippen molar-refractivity contribution in [2.24, 2.45) is 0 Å². The summed E-state index contributed by atoms with van der Waals surface area (Å²) >= 11 is 0. The first-order valence-electron chi connectivity index (χ1n) is 6.57. The molecule has 0 N–H and O–H groups in total. The summed E-state index contributed by atoms with van der Waals surface area (Å²) in [5.74, 6) is 0. The van der Waals surface area contributed by atoms with Gasteiger partial charge in [-0.05, 0) is 24.5 Å². The molecule has 0 spiro atoms. The lowest BCUT2D eigenvalue weighted by Crippen LogP contribution is -3.00. The van der Waals surface area contributed by atoms with Gasteiger partial charge < -0.3 is 12.4 Å². The minimum Gasteiger partial charge on any atom is -1.00 e. The van der Waals surface area contributed by atoms with E-state index in [0.717, 1.165) is 4.48 Å². The van der Waals surface area contributed by atoms with E-state index in [1.54, 1.807) is 0 Å². The van der Waals surface area contributed by atoms with E-state index in [9.17, 15) is 0 Å². The molecule has 0 aliphatic carbocycles. The molecule has 18 heavy (non-hydrogen) atoms. The standard InChI is InChI=1S/C16H26N.ClH/c1-6-8-9-11-14-12-10-13-16(15(14)7-2)17(3,4)5;/h7,10,12-13H,2,6,8-9,11H2,1,3-5H3;1H/q+1;/p-1. The molecule has 0 amide bonds. The Morgan fingerprint density at radius 3 is 2.33 bits per heavy atom. The smallest absolute Gasteiger partial charge is 0.139 e. The average molecular weight is 268 g/mol. The van der Waals surface area contributed by atoms with Crippen LogP contribution in [0.25, 0.3) is 6.08 Å². The summed E-state index contributed by atoms with van der Waals surface area (Å²) in [7, 11) is 6.62. The number of halogens is 1. The van der Waals surface area contributed by atoms with Gasteiger partial charge in [0, 0.05) is 5.56 Å². The highest BCUT2D eigenvalue weighted by atomic mass is 35.5. The van der Waals surface area contributed by atoms with E-state index >= 15 is 0 Å². The van der Waals surface area contributed by atoms with Gasteiger partial charge in [0.25, 0.3) is 0 Å². The van der Waals surface area contributed by atoms with Crippen LogP contribution in [0.2, 0.25) is 0 Å². The van der Waals surface area contributed by atoms with Crippen molar-refractivity contribution in [3.63, 3.8) is 0 Å². The van der Waals surface area contributed by atoms with Gasteiger partial charge in [-0.3, -0.25) is 4.48 Å². The van der Waals surface area contributed by atoms with Crippen LogP contribution >= 0.6 is 0 Å². The minimum absolute atomic E-state index is 0. The number of rotatable bonds is 6. The summed E-state index contributed by atoms with van der Waals surface area (Å²) < 4.78 is 0.850. The Morgan fingerprint density at radius 2 is 1.83 bits per heavy atom. The third kappa shape index (κ3) is 4.47. The van der Waals surface area contributed by atoms with E-state index in [1.807, 2.05) is 6.08 Å². The number of hydrogen-bond donors (Lipinski definition) is 0. The first-order valence-corrected chi connectivity index (χ1v) is 6.57. The topological polar surface area (TPSA) is 0 Å². The van der Waals surface area contributed by atoms with Crippen molar-refractivity contribution >= 4 is 11.8 Å². The number of hydrogen-bond acceptors (Lipinski definition) is 0. The van der Waals surface area contributed by atoms with Crippen LogP contribution in [-0.4, -0.2) is 21.1 Å². The van der Waals surface area contributed by atoms with Gasteiger partial charge in [0.15, 0.2) is 0 Å². The van der Waals surface area contributed by atoms with Gasteiger partial charge in [-0.1, -0.05) is 44.6 Å². The molecule has 0 fully saturated rings. The molecule has 0 atom stereocenters. The fourth-order valence-corrected chi connectivity index (χ4v) is 2.20. The van der Waals surface area contributed by atoms with Gasteiger partial charge in [-0.2, -0.15) is 0 Å². The second kappa shape index (κ2) is 7.60. The molecule has 1 aromatic rings. The molecule has 0 heterocycles. The number of aryl methyl sites for hydroxylation is 1. The molecule has 1 aromatic carbocycles. The van der Waals surface area contributed by atoms with Crippen molar-refractivity contribution in [2.75, 3.05) is 21.1 Å². The SMILES string of the molecule is C=Cc1c(CCCCC)cccc1[N+](C)(C)C.[Cl-]. The fourth-order valence-electron chi connectivity index (χ4n) is 2.20. The zero-order valence-corrected chi connectivity index (χ0v) is 12.9. The van der Waals surface area contributed by atoms with E-state index in [4.69, 9.17) is 0 Å². The van der Waals surface area contributed by atoms with Crippen LogP contribution in [0.15, 0.2) is 24.8 Å². The van der Waals surface area contributed by atoms with E-state index < -0.39 is 0 Å². The van der Waals surface area contributed by atoms with Crippen LogP contribution < -0.4 is 16.9 Å². The molecule has 0 aliphatic heterocycles. The quantitative estimate of drug-likeness (QED) is 0.538. The van der Waals surface area contributed by atoms with Crippen LogP contribution in [0.4, 0.5) is 5.69 Å². The molecule has 0 bridgehead atoms. The second-order valence-electron chi connectivity index (χ2n) is 5.52. The van der Waals surface area contributed by atoms with Crippen LogP contribution in [-0.2, 0) is 6.42 Å². The second-order valence-corrected chi connectivity index (χ2v) is 5.52. The number of benzene rings is 1. The summed E-state index contributed by atoms with van der Waals surface area (Å²) in [6.45, 7) is 6.23. The monoisotopic (exact) mass is 267 g/mol. The fraction of sp³-hybridized carbons (Fsp3) is 0.500. The van der Waals surface area contributed by atoms with Crippen molar-refractivity contribution in [2.45, 2.75) is 32.6 Å². The van der Waals surface area contributed by atoms with Gasteiger partial charge in [-0.15, -0.1) is 0 Å². The molecule has 0 radical (unpaired) electrons. The third-order valence-corrected chi connectivity index (χ3v) is 3.15. The largest absolute Gasteiger partial charge is 1.00 e. The van der Waals surface area contributed by atoms with Gasteiger partial charge in [0.1, 0.15) is 5.69 Å². The molecule has 0 unspecified atom stereocenters. The summed E-state index contributed by atoms with van der Waals surface area (Å²) in [5.41, 5.74) is 4.13. The van der Waals surface area contributed by atoms with Crippen LogP contribution in [0, 0.1) is 0 Å². The predicted molar refractivity (Wildman–Crippen MR) is 79.3 cm³/mol. The van der Waals surface area contributed by atoms with Gasteiger partial charge in [-0.25, -0.2) is 0 Å². The van der Waals surface area contributed by atoms with Crippen LogP contribution in [0.3, 0.4) is 0 Å². The van der Waals surface area contributed by atoms with Crippen molar-refractivity contribution in [3.05, 3.63) is 35.9 Å². The first-order chi connectivity index (χ1) is 8.00. The van der Waals surface area contributed by atoms with Crippen molar-refractivity contribution in [3.8, 4) is 0 Å². The van der Waals surface area contributed by atoms with Crippen LogP contribution in [0.5, 0.6) is 0 Å².